The smallest absolute Gasteiger partial charge is 0.226 e. The van der Waals surface area contributed by atoms with Crippen LogP contribution in [0.4, 0.5) is 24.5 Å². The monoisotopic (exact) mass is 362 g/mol. The largest absolute Gasteiger partial charge is 0.384 e. The van der Waals surface area contributed by atoms with E-state index in [1.54, 1.807) is 18.2 Å². The predicted octanol–water partition coefficient (Wildman–Crippen LogP) is 4.85. The Bertz CT molecular complexity index is 721. The summed E-state index contributed by atoms with van der Waals surface area (Å²) in [6.07, 6.45) is -0.0252. The number of amides is 1. The molecule has 0 spiro atoms. The summed E-state index contributed by atoms with van der Waals surface area (Å²) in [6.45, 7) is 0.216. The third-order valence-corrected chi connectivity index (χ3v) is 3.29. The first-order chi connectivity index (χ1) is 10.9. The van der Waals surface area contributed by atoms with Gasteiger partial charge in [-0.2, -0.15) is 0 Å². The highest BCUT2D eigenvalue weighted by Crippen LogP contribution is 2.22. The van der Waals surface area contributed by atoms with E-state index in [0.717, 1.165) is 12.1 Å². The van der Waals surface area contributed by atoms with Gasteiger partial charge < -0.3 is 10.6 Å². The number of hydrogen-bond donors (Lipinski definition) is 2. The van der Waals surface area contributed by atoms with Gasteiger partial charge in [0, 0.05) is 28.7 Å². The van der Waals surface area contributed by atoms with Gasteiger partial charge in [0.05, 0.1) is 5.69 Å². The topological polar surface area (TPSA) is 41.1 Å². The Hall–Kier alpha value is -1.92. The Morgan fingerprint density at radius 2 is 1.65 bits per heavy atom. The fourth-order valence-electron chi connectivity index (χ4n) is 1.81. The maximum atomic E-state index is 13.4. The molecule has 0 saturated heterocycles. The molecule has 0 bridgehead atoms. The number of rotatable bonds is 5. The minimum atomic E-state index is -1.63. The average molecular weight is 363 g/mol. The SMILES string of the molecule is O=C(CCNc1cc(Cl)cc(Cl)c1)Nc1ccc(F)c(F)c1F. The summed E-state index contributed by atoms with van der Waals surface area (Å²) < 4.78 is 39.3. The van der Waals surface area contributed by atoms with E-state index < -0.39 is 29.0 Å². The second-order valence-corrected chi connectivity index (χ2v) is 5.48. The van der Waals surface area contributed by atoms with Gasteiger partial charge in [0.15, 0.2) is 17.5 Å². The standard InChI is InChI=1S/C15H11Cl2F3N2O/c16-8-5-9(17)7-10(6-8)21-4-3-13(23)22-12-2-1-11(18)14(19)15(12)20/h1-2,5-7,21H,3-4H2,(H,22,23). The van der Waals surface area contributed by atoms with E-state index in [4.69, 9.17) is 23.2 Å². The van der Waals surface area contributed by atoms with Gasteiger partial charge in [-0.05, 0) is 30.3 Å². The van der Waals surface area contributed by atoms with E-state index >= 15 is 0 Å². The number of benzene rings is 2. The highest BCUT2D eigenvalue weighted by atomic mass is 35.5. The van der Waals surface area contributed by atoms with E-state index in [1.165, 1.54) is 0 Å². The van der Waals surface area contributed by atoms with Crippen molar-refractivity contribution in [2.75, 3.05) is 17.2 Å². The zero-order valence-corrected chi connectivity index (χ0v) is 13.1. The van der Waals surface area contributed by atoms with Gasteiger partial charge in [0.1, 0.15) is 0 Å². The van der Waals surface area contributed by atoms with Gasteiger partial charge in [-0.25, -0.2) is 13.2 Å². The molecule has 23 heavy (non-hydrogen) atoms. The molecule has 0 atom stereocenters. The second kappa shape index (κ2) is 7.57. The summed E-state index contributed by atoms with van der Waals surface area (Å²) in [4.78, 5) is 11.7. The lowest BCUT2D eigenvalue weighted by Gasteiger charge is -2.09. The van der Waals surface area contributed by atoms with Crippen LogP contribution in [0.1, 0.15) is 6.42 Å². The van der Waals surface area contributed by atoms with Crippen LogP contribution in [0.3, 0.4) is 0 Å². The lowest BCUT2D eigenvalue weighted by molar-refractivity contribution is -0.116. The Kier molecular flexibility index (Phi) is 5.74. The first kappa shape index (κ1) is 17.4. The van der Waals surface area contributed by atoms with Crippen molar-refractivity contribution >= 4 is 40.5 Å². The van der Waals surface area contributed by atoms with E-state index in [9.17, 15) is 18.0 Å². The molecule has 0 aliphatic rings. The lowest BCUT2D eigenvalue weighted by atomic mass is 10.2. The van der Waals surface area contributed by atoms with Crippen LogP contribution in [-0.4, -0.2) is 12.5 Å². The van der Waals surface area contributed by atoms with E-state index in [1.807, 2.05) is 0 Å². The number of carbonyl (C=O) groups excluding carboxylic acids is 1. The van der Waals surface area contributed by atoms with E-state index in [-0.39, 0.29) is 13.0 Å². The van der Waals surface area contributed by atoms with Crippen molar-refractivity contribution in [2.45, 2.75) is 6.42 Å². The highest BCUT2D eigenvalue weighted by Gasteiger charge is 2.15. The van der Waals surface area contributed by atoms with Gasteiger partial charge in [-0.1, -0.05) is 23.2 Å². The van der Waals surface area contributed by atoms with Crippen LogP contribution in [-0.2, 0) is 4.79 Å². The van der Waals surface area contributed by atoms with Crippen molar-refractivity contribution in [3.05, 3.63) is 57.8 Å². The summed E-state index contributed by atoms with van der Waals surface area (Å²) in [5.74, 6) is -4.95. The Labute approximate surface area is 140 Å². The number of hydrogen-bond acceptors (Lipinski definition) is 2. The molecule has 1 amide bonds. The van der Waals surface area contributed by atoms with Gasteiger partial charge in [0.25, 0.3) is 0 Å². The first-order valence-corrected chi connectivity index (χ1v) is 7.25. The predicted molar refractivity (Wildman–Crippen MR) is 84.5 cm³/mol. The molecule has 0 fully saturated rings. The van der Waals surface area contributed by atoms with Crippen molar-refractivity contribution in [3.63, 3.8) is 0 Å². The molecule has 0 heterocycles. The number of nitrogens with one attached hydrogen (secondary N) is 2. The van der Waals surface area contributed by atoms with Crippen LogP contribution in [0.2, 0.25) is 10.0 Å². The Morgan fingerprint density at radius 1 is 1.00 bits per heavy atom. The van der Waals surface area contributed by atoms with Crippen molar-refractivity contribution in [1.82, 2.24) is 0 Å². The van der Waals surface area contributed by atoms with Crippen LogP contribution >= 0.6 is 23.2 Å². The molecule has 0 saturated carbocycles. The van der Waals surface area contributed by atoms with Crippen LogP contribution in [0, 0.1) is 17.5 Å². The third-order valence-electron chi connectivity index (χ3n) is 2.85. The summed E-state index contributed by atoms with van der Waals surface area (Å²) in [5, 5.41) is 5.97. The van der Waals surface area contributed by atoms with E-state index in [2.05, 4.69) is 10.6 Å². The van der Waals surface area contributed by atoms with Crippen LogP contribution in [0.15, 0.2) is 30.3 Å². The molecular weight excluding hydrogens is 352 g/mol. The summed E-state index contributed by atoms with van der Waals surface area (Å²) in [7, 11) is 0. The van der Waals surface area contributed by atoms with Gasteiger partial charge >= 0.3 is 0 Å². The molecule has 0 radical (unpaired) electrons. The molecular formula is C15H11Cl2F3N2O. The number of anilines is 2. The second-order valence-electron chi connectivity index (χ2n) is 4.61. The van der Waals surface area contributed by atoms with Crippen LogP contribution in [0.5, 0.6) is 0 Å². The fraction of sp³-hybridized carbons (Fsp3) is 0.133. The maximum absolute atomic E-state index is 13.4. The molecule has 3 nitrogen and oxygen atoms in total. The molecule has 2 aromatic carbocycles. The summed E-state index contributed by atoms with van der Waals surface area (Å²) >= 11 is 11.7. The zero-order valence-electron chi connectivity index (χ0n) is 11.6. The molecule has 0 aromatic heterocycles. The Balaban J connectivity index is 1.89. The first-order valence-electron chi connectivity index (χ1n) is 6.50. The Morgan fingerprint density at radius 3 is 2.30 bits per heavy atom. The van der Waals surface area contributed by atoms with Crippen LogP contribution < -0.4 is 10.6 Å². The molecule has 2 aromatic rings. The van der Waals surface area contributed by atoms with Crippen molar-refractivity contribution in [2.24, 2.45) is 0 Å². The zero-order chi connectivity index (χ0) is 17.0. The lowest BCUT2D eigenvalue weighted by Crippen LogP contribution is -2.17. The van der Waals surface area contributed by atoms with Gasteiger partial charge in [-0.15, -0.1) is 0 Å². The number of halogens is 5. The summed E-state index contributed by atoms with van der Waals surface area (Å²) in [5.41, 5.74) is 0.203. The fourth-order valence-corrected chi connectivity index (χ4v) is 2.34. The maximum Gasteiger partial charge on any atom is 0.226 e. The van der Waals surface area contributed by atoms with Gasteiger partial charge in [0.2, 0.25) is 5.91 Å². The highest BCUT2D eigenvalue weighted by molar-refractivity contribution is 6.35. The molecule has 0 aliphatic heterocycles. The summed E-state index contributed by atoms with van der Waals surface area (Å²) in [6, 6.07) is 6.50. The third kappa shape index (κ3) is 4.77. The average Bonchev–Trinajstić information content (AvgIpc) is 2.47. The quantitative estimate of drug-likeness (QED) is 0.746. The van der Waals surface area contributed by atoms with E-state index in [0.29, 0.717) is 15.7 Å². The molecule has 8 heteroatoms. The van der Waals surface area contributed by atoms with Gasteiger partial charge in [-0.3, -0.25) is 4.79 Å². The normalized spacial score (nSPS) is 10.5. The molecule has 122 valence electrons. The minimum absolute atomic E-state index is 0.0252. The molecule has 0 aliphatic carbocycles. The number of carbonyl (C=O) groups is 1. The molecule has 0 unspecified atom stereocenters. The minimum Gasteiger partial charge on any atom is -0.384 e. The van der Waals surface area contributed by atoms with Crippen molar-refractivity contribution < 1.29 is 18.0 Å². The van der Waals surface area contributed by atoms with Crippen molar-refractivity contribution in [1.29, 1.82) is 0 Å². The van der Waals surface area contributed by atoms with Crippen LogP contribution in [0.25, 0.3) is 0 Å². The molecule has 2 N–H and O–H groups in total. The molecule has 2 rings (SSSR count). The van der Waals surface area contributed by atoms with Crippen molar-refractivity contribution in [3.8, 4) is 0 Å².